The Hall–Kier alpha value is -1.56. The maximum Gasteiger partial charge on any atom is 0.232 e. The van der Waals surface area contributed by atoms with E-state index in [4.69, 9.17) is 0 Å². The molecule has 0 aliphatic heterocycles. The Kier molecular flexibility index (Phi) is 6.20. The Morgan fingerprint density at radius 3 is 2.43 bits per heavy atom. The van der Waals surface area contributed by atoms with Gasteiger partial charge in [-0.1, -0.05) is 13.0 Å². The lowest BCUT2D eigenvalue weighted by Crippen LogP contribution is -2.34. The second-order valence-electron chi connectivity index (χ2n) is 5.20. The third-order valence-corrected chi connectivity index (χ3v) is 4.49. The quantitative estimate of drug-likeness (QED) is 0.837. The van der Waals surface area contributed by atoms with Crippen molar-refractivity contribution >= 4 is 21.6 Å². The number of nitrogens with one attached hydrogen (secondary N) is 1. The molecule has 0 bridgehead atoms. The van der Waals surface area contributed by atoms with Gasteiger partial charge in [-0.15, -0.1) is 0 Å². The van der Waals surface area contributed by atoms with Crippen LogP contribution in [-0.2, 0) is 14.8 Å². The molecule has 0 saturated carbocycles. The Morgan fingerprint density at radius 1 is 1.24 bits per heavy atom. The molecule has 1 N–H and O–H groups in total. The van der Waals surface area contributed by atoms with E-state index in [0.29, 0.717) is 12.2 Å². The SMILES string of the molecule is CCCNC(=O)CCN(c1ccc(C)c(C)c1)S(C)(=O)=O. The molecule has 0 saturated heterocycles. The minimum absolute atomic E-state index is 0.130. The number of hydrogen-bond donors (Lipinski definition) is 1. The molecule has 0 aliphatic rings. The van der Waals surface area contributed by atoms with E-state index in [2.05, 4.69) is 5.32 Å². The highest BCUT2D eigenvalue weighted by Gasteiger charge is 2.18. The van der Waals surface area contributed by atoms with Crippen molar-refractivity contribution < 1.29 is 13.2 Å². The Balaban J connectivity index is 2.87. The second kappa shape index (κ2) is 7.45. The lowest BCUT2D eigenvalue weighted by Gasteiger charge is -2.23. The van der Waals surface area contributed by atoms with Crippen LogP contribution in [0.4, 0.5) is 5.69 Å². The van der Waals surface area contributed by atoms with Crippen molar-refractivity contribution in [1.82, 2.24) is 5.32 Å². The largest absolute Gasteiger partial charge is 0.356 e. The standard InChI is InChI=1S/C15H24N2O3S/c1-5-9-16-15(18)8-10-17(21(4,19)20)14-7-6-12(2)13(3)11-14/h6-7,11H,5,8-10H2,1-4H3,(H,16,18). The minimum atomic E-state index is -3.41. The van der Waals surface area contributed by atoms with E-state index in [-0.39, 0.29) is 18.9 Å². The number of anilines is 1. The molecule has 0 aliphatic carbocycles. The number of aryl methyl sites for hydroxylation is 2. The number of benzene rings is 1. The van der Waals surface area contributed by atoms with Crippen molar-refractivity contribution in [1.29, 1.82) is 0 Å². The second-order valence-corrected chi connectivity index (χ2v) is 7.11. The number of sulfonamides is 1. The molecule has 0 fully saturated rings. The van der Waals surface area contributed by atoms with Crippen LogP contribution >= 0.6 is 0 Å². The maximum atomic E-state index is 11.9. The summed E-state index contributed by atoms with van der Waals surface area (Å²) in [6, 6.07) is 5.49. The van der Waals surface area contributed by atoms with Gasteiger partial charge in [-0.05, 0) is 43.5 Å². The van der Waals surface area contributed by atoms with E-state index in [0.717, 1.165) is 23.8 Å². The summed E-state index contributed by atoms with van der Waals surface area (Å²) in [6.45, 7) is 6.64. The molecule has 0 spiro atoms. The van der Waals surface area contributed by atoms with E-state index < -0.39 is 10.0 Å². The first kappa shape index (κ1) is 17.5. The average Bonchev–Trinajstić information content (AvgIpc) is 2.39. The van der Waals surface area contributed by atoms with Gasteiger partial charge >= 0.3 is 0 Å². The van der Waals surface area contributed by atoms with Crippen molar-refractivity contribution in [3.63, 3.8) is 0 Å². The van der Waals surface area contributed by atoms with Crippen molar-refractivity contribution in [2.75, 3.05) is 23.7 Å². The molecule has 5 nitrogen and oxygen atoms in total. The van der Waals surface area contributed by atoms with Gasteiger partial charge in [0.15, 0.2) is 0 Å². The monoisotopic (exact) mass is 312 g/mol. The van der Waals surface area contributed by atoms with Crippen LogP contribution in [0.3, 0.4) is 0 Å². The summed E-state index contributed by atoms with van der Waals surface area (Å²) in [6.07, 6.45) is 2.17. The lowest BCUT2D eigenvalue weighted by atomic mass is 10.1. The van der Waals surface area contributed by atoms with Crippen LogP contribution in [0.5, 0.6) is 0 Å². The van der Waals surface area contributed by atoms with E-state index in [1.165, 1.54) is 4.31 Å². The summed E-state index contributed by atoms with van der Waals surface area (Å²) in [5.74, 6) is -0.130. The number of nitrogens with zero attached hydrogens (tertiary/aromatic N) is 1. The van der Waals surface area contributed by atoms with Gasteiger partial charge in [0.1, 0.15) is 0 Å². The molecule has 6 heteroatoms. The molecule has 1 aromatic carbocycles. The van der Waals surface area contributed by atoms with Crippen LogP contribution < -0.4 is 9.62 Å². The van der Waals surface area contributed by atoms with Gasteiger partial charge < -0.3 is 5.32 Å². The highest BCUT2D eigenvalue weighted by Crippen LogP contribution is 2.21. The molecule has 0 radical (unpaired) electrons. The summed E-state index contributed by atoms with van der Waals surface area (Å²) in [5.41, 5.74) is 2.73. The highest BCUT2D eigenvalue weighted by molar-refractivity contribution is 7.92. The normalized spacial score (nSPS) is 11.2. The van der Waals surface area contributed by atoms with Crippen LogP contribution in [0.2, 0.25) is 0 Å². The van der Waals surface area contributed by atoms with Crippen LogP contribution in [0.15, 0.2) is 18.2 Å². The predicted octanol–water partition coefficient (Wildman–Crippen LogP) is 1.99. The first-order valence-electron chi connectivity index (χ1n) is 7.07. The molecular formula is C15H24N2O3S. The number of hydrogen-bond acceptors (Lipinski definition) is 3. The number of carbonyl (C=O) groups is 1. The average molecular weight is 312 g/mol. The molecule has 21 heavy (non-hydrogen) atoms. The maximum absolute atomic E-state index is 11.9. The molecular weight excluding hydrogens is 288 g/mol. The van der Waals surface area contributed by atoms with Crippen molar-refractivity contribution in [3.05, 3.63) is 29.3 Å². The first-order valence-corrected chi connectivity index (χ1v) is 8.92. The van der Waals surface area contributed by atoms with Gasteiger partial charge in [0.25, 0.3) is 0 Å². The van der Waals surface area contributed by atoms with Gasteiger partial charge in [-0.25, -0.2) is 8.42 Å². The van der Waals surface area contributed by atoms with Crippen molar-refractivity contribution in [2.24, 2.45) is 0 Å². The molecule has 1 amide bonds. The number of carbonyl (C=O) groups excluding carboxylic acids is 1. The zero-order chi connectivity index (χ0) is 16.0. The van der Waals surface area contributed by atoms with Crippen molar-refractivity contribution in [2.45, 2.75) is 33.6 Å². The number of rotatable bonds is 7. The molecule has 0 heterocycles. The minimum Gasteiger partial charge on any atom is -0.356 e. The van der Waals surface area contributed by atoms with E-state index >= 15 is 0 Å². The van der Waals surface area contributed by atoms with Crippen LogP contribution in [0, 0.1) is 13.8 Å². The predicted molar refractivity (Wildman–Crippen MR) is 86.0 cm³/mol. The summed E-state index contributed by atoms with van der Waals surface area (Å²) < 4.78 is 25.2. The van der Waals surface area contributed by atoms with Gasteiger partial charge in [-0.2, -0.15) is 0 Å². The summed E-state index contributed by atoms with van der Waals surface area (Å²) in [7, 11) is -3.41. The van der Waals surface area contributed by atoms with Gasteiger partial charge in [0.2, 0.25) is 15.9 Å². The van der Waals surface area contributed by atoms with Crippen LogP contribution in [0.25, 0.3) is 0 Å². The van der Waals surface area contributed by atoms with Crippen LogP contribution in [-0.4, -0.2) is 33.7 Å². The molecule has 1 rings (SSSR count). The Labute approximate surface area is 127 Å². The van der Waals surface area contributed by atoms with Crippen molar-refractivity contribution in [3.8, 4) is 0 Å². The molecule has 0 unspecified atom stereocenters. The fraction of sp³-hybridized carbons (Fsp3) is 0.533. The van der Waals surface area contributed by atoms with E-state index in [1.54, 1.807) is 6.07 Å². The van der Waals surface area contributed by atoms with Crippen LogP contribution in [0.1, 0.15) is 30.9 Å². The lowest BCUT2D eigenvalue weighted by molar-refractivity contribution is -0.120. The fourth-order valence-corrected chi connectivity index (χ4v) is 2.84. The molecule has 0 aromatic heterocycles. The Morgan fingerprint density at radius 2 is 1.90 bits per heavy atom. The topological polar surface area (TPSA) is 66.5 Å². The third kappa shape index (κ3) is 5.38. The zero-order valence-electron chi connectivity index (χ0n) is 13.1. The smallest absolute Gasteiger partial charge is 0.232 e. The van der Waals surface area contributed by atoms with E-state index in [1.807, 2.05) is 32.9 Å². The summed E-state index contributed by atoms with van der Waals surface area (Å²) >= 11 is 0. The molecule has 1 aromatic rings. The fourth-order valence-electron chi connectivity index (χ4n) is 1.92. The molecule has 118 valence electrons. The zero-order valence-corrected chi connectivity index (χ0v) is 14.0. The summed E-state index contributed by atoms with van der Waals surface area (Å²) in [4.78, 5) is 11.7. The Bertz CT molecular complexity index is 597. The first-order chi connectivity index (χ1) is 9.75. The van der Waals surface area contributed by atoms with E-state index in [9.17, 15) is 13.2 Å². The van der Waals surface area contributed by atoms with Gasteiger partial charge in [0.05, 0.1) is 11.9 Å². The molecule has 0 atom stereocenters. The highest BCUT2D eigenvalue weighted by atomic mass is 32.2. The summed E-state index contributed by atoms with van der Waals surface area (Å²) in [5, 5.41) is 2.75. The third-order valence-electron chi connectivity index (χ3n) is 3.29. The number of amides is 1. The van der Waals surface area contributed by atoms with Gasteiger partial charge in [-0.3, -0.25) is 9.10 Å². The van der Waals surface area contributed by atoms with Gasteiger partial charge in [0, 0.05) is 19.5 Å².